The van der Waals surface area contributed by atoms with Gasteiger partial charge in [-0.25, -0.2) is 14.9 Å². The van der Waals surface area contributed by atoms with E-state index in [0.29, 0.717) is 49.5 Å². The van der Waals surface area contributed by atoms with Crippen molar-refractivity contribution in [3.8, 4) is 22.5 Å². The molecular weight excluding hydrogens is 468 g/mol. The van der Waals surface area contributed by atoms with E-state index in [1.54, 1.807) is 4.57 Å². The Morgan fingerprint density at radius 2 is 1.54 bits per heavy atom. The van der Waals surface area contributed by atoms with Crippen LogP contribution in [0.3, 0.4) is 0 Å². The number of tetrazole rings is 1. The van der Waals surface area contributed by atoms with Gasteiger partial charge in [0.1, 0.15) is 5.82 Å². The number of rotatable bonds is 9. The summed E-state index contributed by atoms with van der Waals surface area (Å²) in [6.45, 7) is 7.40. The maximum absolute atomic E-state index is 13.5. The molecule has 0 fully saturated rings. The molecule has 0 saturated heterocycles. The molecule has 0 aliphatic carbocycles. The van der Waals surface area contributed by atoms with Crippen LogP contribution in [0.25, 0.3) is 33.7 Å². The van der Waals surface area contributed by atoms with Crippen molar-refractivity contribution in [3.63, 3.8) is 0 Å². The van der Waals surface area contributed by atoms with Crippen LogP contribution in [0.15, 0.2) is 58.1 Å². The quantitative estimate of drug-likeness (QED) is 0.332. The topological polar surface area (TPSA) is 116 Å². The summed E-state index contributed by atoms with van der Waals surface area (Å²) in [5.74, 6) is 1.40. The summed E-state index contributed by atoms with van der Waals surface area (Å²) in [4.78, 5) is 31.4. The second kappa shape index (κ2) is 10.3. The number of aryl methyl sites for hydroxylation is 2. The standard InChI is InChI=1S/C27H30N8O2/c1-4-15-33-25-23(26(36)34(16-5-2)27(33)37)35(22(6-3)28-25)17-18-11-13-19(14-12-18)20-9-7-8-10-21(20)24-29-31-32-30-24/h7-14H,4-6,15-17H2,1-3H3,(H,29,30,31,32). The SMILES string of the molecule is CCCn1c(=O)c2c(nc(CC)n2Cc2ccc(-c3ccccc3-c3nnn[nH]3)cc2)n(CCC)c1=O. The first kappa shape index (κ1) is 24.4. The second-order valence-electron chi connectivity index (χ2n) is 9.02. The van der Waals surface area contributed by atoms with Crippen LogP contribution in [-0.2, 0) is 26.1 Å². The molecule has 1 N–H and O–H groups in total. The van der Waals surface area contributed by atoms with Crippen molar-refractivity contribution >= 4 is 11.2 Å². The van der Waals surface area contributed by atoms with Crippen LogP contribution >= 0.6 is 0 Å². The van der Waals surface area contributed by atoms with E-state index in [0.717, 1.165) is 34.5 Å². The average molecular weight is 499 g/mol. The lowest BCUT2D eigenvalue weighted by molar-refractivity contribution is 0.554. The third-order valence-corrected chi connectivity index (χ3v) is 6.54. The van der Waals surface area contributed by atoms with Crippen molar-refractivity contribution in [2.75, 3.05) is 0 Å². The Balaban J connectivity index is 1.57. The molecule has 0 aliphatic heterocycles. The van der Waals surface area contributed by atoms with Crippen LogP contribution in [-0.4, -0.2) is 39.3 Å². The number of nitrogens with one attached hydrogen (secondary N) is 1. The van der Waals surface area contributed by atoms with Crippen molar-refractivity contribution in [2.24, 2.45) is 0 Å². The van der Waals surface area contributed by atoms with Crippen LogP contribution in [0.2, 0.25) is 0 Å². The predicted octanol–water partition coefficient (Wildman–Crippen LogP) is 3.64. The molecule has 0 radical (unpaired) electrons. The van der Waals surface area contributed by atoms with Crippen LogP contribution < -0.4 is 11.2 Å². The van der Waals surface area contributed by atoms with Gasteiger partial charge in [0.25, 0.3) is 5.56 Å². The zero-order valence-corrected chi connectivity index (χ0v) is 21.3. The number of imidazole rings is 1. The predicted molar refractivity (Wildman–Crippen MR) is 142 cm³/mol. The van der Waals surface area contributed by atoms with Crippen LogP contribution in [0.1, 0.15) is 45.0 Å². The summed E-state index contributed by atoms with van der Waals surface area (Å²) in [7, 11) is 0. The lowest BCUT2D eigenvalue weighted by Crippen LogP contribution is -2.40. The van der Waals surface area contributed by atoms with Crippen molar-refractivity contribution in [3.05, 3.63) is 80.8 Å². The van der Waals surface area contributed by atoms with E-state index in [2.05, 4.69) is 44.9 Å². The van der Waals surface area contributed by atoms with Crippen molar-refractivity contribution in [2.45, 2.75) is 59.7 Å². The fourth-order valence-corrected chi connectivity index (χ4v) is 4.81. The molecule has 0 aliphatic rings. The molecule has 0 amide bonds. The van der Waals surface area contributed by atoms with Crippen LogP contribution in [0, 0.1) is 0 Å². The molecule has 190 valence electrons. The fourth-order valence-electron chi connectivity index (χ4n) is 4.81. The maximum atomic E-state index is 13.5. The molecule has 2 aromatic carbocycles. The molecule has 0 unspecified atom stereocenters. The monoisotopic (exact) mass is 498 g/mol. The highest BCUT2D eigenvalue weighted by Gasteiger charge is 2.21. The molecule has 3 aromatic heterocycles. The summed E-state index contributed by atoms with van der Waals surface area (Å²) in [5.41, 5.74) is 4.42. The number of hydrogen-bond donors (Lipinski definition) is 1. The Kier molecular flexibility index (Phi) is 6.80. The largest absolute Gasteiger partial charge is 0.332 e. The zero-order valence-electron chi connectivity index (χ0n) is 21.3. The van der Waals surface area contributed by atoms with Crippen molar-refractivity contribution in [1.29, 1.82) is 0 Å². The molecule has 37 heavy (non-hydrogen) atoms. The van der Waals surface area contributed by atoms with Crippen LogP contribution in [0.4, 0.5) is 0 Å². The lowest BCUT2D eigenvalue weighted by Gasteiger charge is -2.13. The first-order chi connectivity index (χ1) is 18.1. The Labute approximate surface area is 213 Å². The van der Waals surface area contributed by atoms with Crippen LogP contribution in [0.5, 0.6) is 0 Å². The van der Waals surface area contributed by atoms with Gasteiger partial charge in [0, 0.05) is 31.6 Å². The maximum Gasteiger partial charge on any atom is 0.332 e. The third kappa shape index (κ3) is 4.39. The molecular formula is C27H30N8O2. The Morgan fingerprint density at radius 3 is 2.19 bits per heavy atom. The van der Waals surface area contributed by atoms with Gasteiger partial charge in [0.15, 0.2) is 17.0 Å². The van der Waals surface area contributed by atoms with Gasteiger partial charge in [-0.3, -0.25) is 13.9 Å². The normalized spacial score (nSPS) is 11.4. The number of fused-ring (bicyclic) bond motifs is 1. The minimum absolute atomic E-state index is 0.271. The summed E-state index contributed by atoms with van der Waals surface area (Å²) >= 11 is 0. The van der Waals surface area contributed by atoms with Crippen molar-refractivity contribution < 1.29 is 0 Å². The van der Waals surface area contributed by atoms with E-state index >= 15 is 0 Å². The van der Waals surface area contributed by atoms with Gasteiger partial charge in [-0.1, -0.05) is 69.3 Å². The molecule has 10 heteroatoms. The highest BCUT2D eigenvalue weighted by Crippen LogP contribution is 2.30. The minimum atomic E-state index is -0.279. The first-order valence-electron chi connectivity index (χ1n) is 12.7. The Bertz CT molecular complexity index is 1640. The van der Waals surface area contributed by atoms with Gasteiger partial charge in [0.2, 0.25) is 0 Å². The van der Waals surface area contributed by atoms with E-state index in [1.165, 1.54) is 4.57 Å². The number of hydrogen-bond acceptors (Lipinski definition) is 6. The van der Waals surface area contributed by atoms with Gasteiger partial charge >= 0.3 is 5.69 Å². The van der Waals surface area contributed by atoms with Gasteiger partial charge in [-0.2, -0.15) is 0 Å². The van der Waals surface area contributed by atoms with Gasteiger partial charge < -0.3 is 4.57 Å². The Morgan fingerprint density at radius 1 is 0.838 bits per heavy atom. The second-order valence-corrected chi connectivity index (χ2v) is 9.02. The molecule has 0 saturated carbocycles. The van der Waals surface area contributed by atoms with Gasteiger partial charge in [-0.15, -0.1) is 5.10 Å². The molecule has 0 spiro atoms. The molecule has 10 nitrogen and oxygen atoms in total. The van der Waals surface area contributed by atoms with E-state index < -0.39 is 0 Å². The fraction of sp³-hybridized carbons (Fsp3) is 0.333. The molecule has 0 bridgehead atoms. The summed E-state index contributed by atoms with van der Waals surface area (Å²) in [6, 6.07) is 16.2. The zero-order chi connectivity index (χ0) is 25.9. The number of aromatic nitrogens is 8. The first-order valence-corrected chi connectivity index (χ1v) is 12.7. The lowest BCUT2D eigenvalue weighted by atomic mass is 9.98. The molecule has 5 rings (SSSR count). The summed E-state index contributed by atoms with van der Waals surface area (Å²) < 4.78 is 4.98. The smallest absolute Gasteiger partial charge is 0.318 e. The third-order valence-electron chi connectivity index (χ3n) is 6.54. The minimum Gasteiger partial charge on any atom is -0.318 e. The van der Waals surface area contributed by atoms with Crippen molar-refractivity contribution in [1.82, 2.24) is 39.3 Å². The molecule has 5 aromatic rings. The summed E-state index contributed by atoms with van der Waals surface area (Å²) in [5, 5.41) is 14.3. The Hall–Kier alpha value is -4.34. The van der Waals surface area contributed by atoms with E-state index in [4.69, 9.17) is 4.98 Å². The highest BCUT2D eigenvalue weighted by atomic mass is 16.2. The molecule has 0 atom stereocenters. The highest BCUT2D eigenvalue weighted by molar-refractivity contribution is 5.80. The average Bonchev–Trinajstić information content (AvgIpc) is 3.58. The number of H-pyrrole nitrogens is 1. The van der Waals surface area contributed by atoms with E-state index in [-0.39, 0.29) is 11.2 Å². The number of benzene rings is 2. The van der Waals surface area contributed by atoms with Gasteiger partial charge in [0.05, 0.1) is 0 Å². The van der Waals surface area contributed by atoms with E-state index in [1.807, 2.05) is 49.6 Å². The van der Waals surface area contributed by atoms with Gasteiger partial charge in [-0.05, 0) is 40.0 Å². The van der Waals surface area contributed by atoms with E-state index in [9.17, 15) is 9.59 Å². The molecule has 3 heterocycles. The summed E-state index contributed by atoms with van der Waals surface area (Å²) in [6.07, 6.45) is 2.13. The number of nitrogens with zero attached hydrogens (tertiary/aromatic N) is 7. The number of aromatic amines is 1.